The molecule has 0 atom stereocenters. The van der Waals surface area contributed by atoms with E-state index < -0.39 is 0 Å². The zero-order valence-electron chi connectivity index (χ0n) is 7.45. The van der Waals surface area contributed by atoms with Crippen molar-refractivity contribution < 1.29 is 4.39 Å². The lowest BCUT2D eigenvalue weighted by Crippen LogP contribution is -1.98. The Bertz CT molecular complexity index is 423. The fourth-order valence-electron chi connectivity index (χ4n) is 1.34. The van der Waals surface area contributed by atoms with Crippen LogP contribution in [0.1, 0.15) is 5.56 Å². The molecule has 0 aliphatic carbocycles. The lowest BCUT2D eigenvalue weighted by Gasteiger charge is -2.05. The highest BCUT2D eigenvalue weighted by Crippen LogP contribution is 2.16. The molecular formula is C11H9BrFN. The molecule has 0 radical (unpaired) electrons. The fraction of sp³-hybridized carbons (Fsp3) is 0.0909. The van der Waals surface area contributed by atoms with Crippen LogP contribution in [0, 0.1) is 5.82 Å². The topological polar surface area (TPSA) is 4.93 Å². The van der Waals surface area contributed by atoms with E-state index >= 15 is 0 Å². The van der Waals surface area contributed by atoms with Gasteiger partial charge >= 0.3 is 0 Å². The molecule has 2 rings (SSSR count). The van der Waals surface area contributed by atoms with Crippen LogP contribution in [0.5, 0.6) is 0 Å². The molecule has 0 aliphatic rings. The first kappa shape index (κ1) is 9.46. The zero-order chi connectivity index (χ0) is 9.97. The molecule has 0 bridgehead atoms. The first-order valence-electron chi connectivity index (χ1n) is 4.30. The Kier molecular flexibility index (Phi) is 2.68. The summed E-state index contributed by atoms with van der Waals surface area (Å²) in [6, 6.07) is 8.83. The summed E-state index contributed by atoms with van der Waals surface area (Å²) >= 11 is 3.32. The van der Waals surface area contributed by atoms with Gasteiger partial charge < -0.3 is 4.57 Å². The molecule has 1 heterocycles. The molecule has 0 unspecified atom stereocenters. The second kappa shape index (κ2) is 3.96. The van der Waals surface area contributed by atoms with E-state index in [1.165, 1.54) is 6.07 Å². The molecule has 0 saturated carbocycles. The van der Waals surface area contributed by atoms with E-state index in [1.807, 2.05) is 29.1 Å². The number of hydrogen-bond acceptors (Lipinski definition) is 0. The second-order valence-corrected chi connectivity index (χ2v) is 4.01. The Morgan fingerprint density at radius 1 is 1.21 bits per heavy atom. The van der Waals surface area contributed by atoms with Gasteiger partial charge in [0.05, 0.1) is 0 Å². The number of rotatable bonds is 2. The van der Waals surface area contributed by atoms with Crippen molar-refractivity contribution in [3.63, 3.8) is 0 Å². The number of aromatic nitrogens is 1. The molecule has 14 heavy (non-hydrogen) atoms. The molecule has 0 aliphatic heterocycles. The van der Waals surface area contributed by atoms with Gasteiger partial charge in [-0.1, -0.05) is 15.9 Å². The van der Waals surface area contributed by atoms with Gasteiger partial charge in [0, 0.05) is 29.0 Å². The van der Waals surface area contributed by atoms with Gasteiger partial charge in [-0.05, 0) is 30.3 Å². The van der Waals surface area contributed by atoms with Crippen LogP contribution in [0.2, 0.25) is 0 Å². The van der Waals surface area contributed by atoms with Crippen molar-refractivity contribution >= 4 is 15.9 Å². The first-order valence-corrected chi connectivity index (χ1v) is 5.10. The van der Waals surface area contributed by atoms with E-state index in [1.54, 1.807) is 12.1 Å². The van der Waals surface area contributed by atoms with E-state index in [4.69, 9.17) is 0 Å². The van der Waals surface area contributed by atoms with E-state index in [9.17, 15) is 4.39 Å². The van der Waals surface area contributed by atoms with Crippen LogP contribution in [0.15, 0.2) is 47.2 Å². The van der Waals surface area contributed by atoms with E-state index in [-0.39, 0.29) is 5.82 Å². The van der Waals surface area contributed by atoms with Gasteiger partial charge in [0.2, 0.25) is 0 Å². The van der Waals surface area contributed by atoms with E-state index in [0.717, 1.165) is 4.47 Å². The van der Waals surface area contributed by atoms with Crippen molar-refractivity contribution in [2.24, 2.45) is 0 Å². The summed E-state index contributed by atoms with van der Waals surface area (Å²) in [5.74, 6) is -0.165. The summed E-state index contributed by atoms with van der Waals surface area (Å²) < 4.78 is 16.2. The fourth-order valence-corrected chi connectivity index (χ4v) is 1.75. The summed E-state index contributed by atoms with van der Waals surface area (Å²) in [6.07, 6.45) is 3.83. The molecule has 0 saturated heterocycles. The van der Waals surface area contributed by atoms with Crippen LogP contribution in [0.4, 0.5) is 4.39 Å². The Hall–Kier alpha value is -1.09. The summed E-state index contributed by atoms with van der Waals surface area (Å²) in [5.41, 5.74) is 0.690. The normalized spacial score (nSPS) is 10.4. The minimum atomic E-state index is -0.165. The van der Waals surface area contributed by atoms with Crippen molar-refractivity contribution in [3.8, 4) is 0 Å². The van der Waals surface area contributed by atoms with Crippen LogP contribution in [0.25, 0.3) is 0 Å². The summed E-state index contributed by atoms with van der Waals surface area (Å²) in [5, 5.41) is 0. The SMILES string of the molecule is Fc1ccc(Br)cc1Cn1cccc1. The minimum Gasteiger partial charge on any atom is -0.350 e. The third-order valence-corrected chi connectivity index (χ3v) is 2.52. The highest BCUT2D eigenvalue weighted by atomic mass is 79.9. The standard InChI is InChI=1S/C11H9BrFN/c12-10-3-4-11(13)9(7-10)8-14-5-1-2-6-14/h1-7H,8H2. The van der Waals surface area contributed by atoms with Crippen molar-refractivity contribution in [1.82, 2.24) is 4.57 Å². The predicted octanol–water partition coefficient (Wildman–Crippen LogP) is 3.44. The maximum atomic E-state index is 13.3. The quantitative estimate of drug-likeness (QED) is 0.773. The van der Waals surface area contributed by atoms with Crippen molar-refractivity contribution in [2.45, 2.75) is 6.54 Å². The smallest absolute Gasteiger partial charge is 0.128 e. The highest BCUT2D eigenvalue weighted by Gasteiger charge is 2.02. The molecule has 0 spiro atoms. The predicted molar refractivity (Wildman–Crippen MR) is 57.6 cm³/mol. The van der Waals surface area contributed by atoms with Gasteiger partial charge in [-0.15, -0.1) is 0 Å². The Morgan fingerprint density at radius 3 is 2.64 bits per heavy atom. The van der Waals surface area contributed by atoms with Gasteiger partial charge in [-0.25, -0.2) is 4.39 Å². The van der Waals surface area contributed by atoms with Crippen molar-refractivity contribution in [1.29, 1.82) is 0 Å². The van der Waals surface area contributed by atoms with Gasteiger partial charge in [-0.3, -0.25) is 0 Å². The van der Waals surface area contributed by atoms with Gasteiger partial charge in [0.15, 0.2) is 0 Å². The third kappa shape index (κ3) is 2.04. The van der Waals surface area contributed by atoms with Gasteiger partial charge in [-0.2, -0.15) is 0 Å². The number of halogens is 2. The minimum absolute atomic E-state index is 0.165. The summed E-state index contributed by atoms with van der Waals surface area (Å²) in [7, 11) is 0. The second-order valence-electron chi connectivity index (χ2n) is 3.09. The molecule has 1 aromatic carbocycles. The Balaban J connectivity index is 2.28. The van der Waals surface area contributed by atoms with Gasteiger partial charge in [0.1, 0.15) is 5.82 Å². The molecule has 0 fully saturated rings. The molecule has 3 heteroatoms. The maximum absolute atomic E-state index is 13.3. The molecule has 1 nitrogen and oxygen atoms in total. The van der Waals surface area contributed by atoms with Crippen molar-refractivity contribution in [3.05, 3.63) is 58.6 Å². The molecular weight excluding hydrogens is 245 g/mol. The van der Waals surface area contributed by atoms with E-state index in [2.05, 4.69) is 15.9 Å². The highest BCUT2D eigenvalue weighted by molar-refractivity contribution is 9.10. The Morgan fingerprint density at radius 2 is 1.93 bits per heavy atom. The number of hydrogen-bond donors (Lipinski definition) is 0. The third-order valence-electron chi connectivity index (χ3n) is 2.03. The zero-order valence-corrected chi connectivity index (χ0v) is 9.04. The lowest BCUT2D eigenvalue weighted by molar-refractivity contribution is 0.599. The van der Waals surface area contributed by atoms with Crippen LogP contribution < -0.4 is 0 Å². The first-order chi connectivity index (χ1) is 6.75. The summed E-state index contributed by atoms with van der Waals surface area (Å²) in [4.78, 5) is 0. The summed E-state index contributed by atoms with van der Waals surface area (Å²) in [6.45, 7) is 0.568. The molecule has 1 aromatic heterocycles. The van der Waals surface area contributed by atoms with Crippen LogP contribution in [-0.4, -0.2) is 4.57 Å². The lowest BCUT2D eigenvalue weighted by atomic mass is 10.2. The average Bonchev–Trinajstić information content (AvgIpc) is 2.64. The maximum Gasteiger partial charge on any atom is 0.128 e. The Labute approximate surface area is 90.3 Å². The molecule has 0 amide bonds. The van der Waals surface area contributed by atoms with Crippen LogP contribution in [-0.2, 0) is 6.54 Å². The molecule has 72 valence electrons. The number of nitrogens with zero attached hydrogens (tertiary/aromatic N) is 1. The van der Waals surface area contributed by atoms with Crippen molar-refractivity contribution in [2.75, 3.05) is 0 Å². The van der Waals surface area contributed by atoms with Crippen LogP contribution in [0.3, 0.4) is 0 Å². The van der Waals surface area contributed by atoms with Gasteiger partial charge in [0.25, 0.3) is 0 Å². The molecule has 2 aromatic rings. The monoisotopic (exact) mass is 253 g/mol. The largest absolute Gasteiger partial charge is 0.350 e. The van der Waals surface area contributed by atoms with E-state index in [0.29, 0.717) is 12.1 Å². The number of benzene rings is 1. The average molecular weight is 254 g/mol. The molecule has 0 N–H and O–H groups in total. The van der Waals surface area contributed by atoms with Crippen LogP contribution >= 0.6 is 15.9 Å².